The molecular weight excluding hydrogens is 337 g/mol. The maximum absolute atomic E-state index is 12.7. The van der Waals surface area contributed by atoms with Crippen molar-refractivity contribution in [1.82, 2.24) is 4.98 Å². The minimum atomic E-state index is -4.45. The van der Waals surface area contributed by atoms with Crippen LogP contribution >= 0.6 is 11.8 Å². The van der Waals surface area contributed by atoms with Gasteiger partial charge in [0.05, 0.1) is 11.1 Å². The number of anilines is 1. The summed E-state index contributed by atoms with van der Waals surface area (Å²) in [6, 6.07) is 7.61. The number of aryl methyl sites for hydroxylation is 1. The molecule has 2 aromatic rings. The van der Waals surface area contributed by atoms with E-state index in [-0.39, 0.29) is 11.7 Å². The van der Waals surface area contributed by atoms with E-state index in [9.17, 15) is 18.0 Å². The summed E-state index contributed by atoms with van der Waals surface area (Å²) in [7, 11) is 1.50. The first-order valence-corrected chi connectivity index (χ1v) is 8.27. The summed E-state index contributed by atoms with van der Waals surface area (Å²) in [6.07, 6.45) is -3.72. The fourth-order valence-corrected chi connectivity index (χ4v) is 3.01. The van der Waals surface area contributed by atoms with Gasteiger partial charge in [-0.25, -0.2) is 4.98 Å². The van der Waals surface area contributed by atoms with Crippen molar-refractivity contribution in [2.24, 2.45) is 0 Å². The lowest BCUT2D eigenvalue weighted by Gasteiger charge is -2.19. The number of pyridine rings is 1. The Balaban J connectivity index is 2.30. The summed E-state index contributed by atoms with van der Waals surface area (Å²) in [6.45, 7) is 3.93. The number of carbonyl (C=O) groups is 1. The molecule has 7 heteroatoms. The van der Waals surface area contributed by atoms with Crippen LogP contribution in [0.3, 0.4) is 0 Å². The summed E-state index contributed by atoms with van der Waals surface area (Å²) in [4.78, 5) is 18.6. The second-order valence-corrected chi connectivity index (χ2v) is 6.51. The third-order valence-corrected chi connectivity index (χ3v) is 4.33. The van der Waals surface area contributed by atoms with E-state index in [1.165, 1.54) is 18.0 Å². The van der Waals surface area contributed by atoms with Crippen LogP contribution in [0.2, 0.25) is 0 Å². The number of rotatable bonds is 4. The van der Waals surface area contributed by atoms with Crippen molar-refractivity contribution < 1.29 is 18.0 Å². The third-order valence-electron chi connectivity index (χ3n) is 3.39. The van der Waals surface area contributed by atoms with E-state index in [0.717, 1.165) is 28.5 Å². The minimum Gasteiger partial charge on any atom is -0.296 e. The lowest BCUT2D eigenvalue weighted by atomic mass is 10.1. The zero-order valence-corrected chi connectivity index (χ0v) is 14.3. The van der Waals surface area contributed by atoms with Crippen molar-refractivity contribution >= 4 is 23.5 Å². The van der Waals surface area contributed by atoms with Gasteiger partial charge in [-0.2, -0.15) is 13.2 Å². The van der Waals surface area contributed by atoms with Crippen LogP contribution in [0.4, 0.5) is 19.0 Å². The Labute approximate surface area is 142 Å². The standard InChI is InChI=1S/C17H17F3N2OS/c1-4-24-14-9-11(2)5-7-13(14)16(23)22(3)15-8-6-12(10-21-15)17(18,19)20/h5-10H,4H2,1-3H3. The quantitative estimate of drug-likeness (QED) is 0.740. The first-order chi connectivity index (χ1) is 11.2. The molecule has 0 atom stereocenters. The molecule has 1 aromatic heterocycles. The number of hydrogen-bond acceptors (Lipinski definition) is 3. The van der Waals surface area contributed by atoms with E-state index in [1.807, 2.05) is 26.0 Å². The Hall–Kier alpha value is -2.02. The first kappa shape index (κ1) is 18.3. The van der Waals surface area contributed by atoms with E-state index in [1.54, 1.807) is 17.8 Å². The monoisotopic (exact) mass is 354 g/mol. The summed E-state index contributed by atoms with van der Waals surface area (Å²) in [5.41, 5.74) is 0.708. The Kier molecular flexibility index (Phi) is 5.54. The average Bonchev–Trinajstić information content (AvgIpc) is 2.53. The fraction of sp³-hybridized carbons (Fsp3) is 0.294. The van der Waals surface area contributed by atoms with Gasteiger partial charge in [-0.15, -0.1) is 11.8 Å². The Morgan fingerprint density at radius 1 is 1.25 bits per heavy atom. The van der Waals surface area contributed by atoms with Gasteiger partial charge in [0.1, 0.15) is 5.82 Å². The number of halogens is 3. The maximum Gasteiger partial charge on any atom is 0.417 e. The highest BCUT2D eigenvalue weighted by Gasteiger charge is 2.31. The molecule has 0 saturated heterocycles. The molecule has 1 aromatic carbocycles. The van der Waals surface area contributed by atoms with Gasteiger partial charge in [0.25, 0.3) is 5.91 Å². The van der Waals surface area contributed by atoms with Crippen LogP contribution in [-0.4, -0.2) is 23.7 Å². The third kappa shape index (κ3) is 4.08. The zero-order valence-electron chi connectivity index (χ0n) is 13.5. The number of benzene rings is 1. The molecule has 1 amide bonds. The molecule has 0 aliphatic carbocycles. The molecule has 1 heterocycles. The van der Waals surface area contributed by atoms with E-state index in [4.69, 9.17) is 0 Å². The molecular formula is C17H17F3N2OS. The molecule has 0 radical (unpaired) electrons. The Morgan fingerprint density at radius 3 is 2.50 bits per heavy atom. The molecule has 0 aliphatic heterocycles. The normalized spacial score (nSPS) is 11.4. The summed E-state index contributed by atoms with van der Waals surface area (Å²) < 4.78 is 37.8. The van der Waals surface area contributed by atoms with Crippen LogP contribution in [-0.2, 0) is 6.18 Å². The predicted octanol–water partition coefficient (Wildman–Crippen LogP) is 4.80. The van der Waals surface area contributed by atoms with Gasteiger partial charge in [-0.3, -0.25) is 9.69 Å². The number of nitrogens with zero attached hydrogens (tertiary/aromatic N) is 2. The van der Waals surface area contributed by atoms with Crippen LogP contribution in [0.5, 0.6) is 0 Å². The molecule has 0 N–H and O–H groups in total. The maximum atomic E-state index is 12.7. The van der Waals surface area contributed by atoms with Crippen LogP contribution < -0.4 is 4.90 Å². The smallest absolute Gasteiger partial charge is 0.296 e. The lowest BCUT2D eigenvalue weighted by Crippen LogP contribution is -2.27. The minimum absolute atomic E-state index is 0.168. The zero-order chi connectivity index (χ0) is 17.9. The average molecular weight is 354 g/mol. The molecule has 0 fully saturated rings. The molecule has 3 nitrogen and oxygen atoms in total. The molecule has 0 unspecified atom stereocenters. The number of carbonyl (C=O) groups excluding carboxylic acids is 1. The summed E-state index contributed by atoms with van der Waals surface area (Å²) in [5, 5.41) is 0. The van der Waals surface area contributed by atoms with Crippen molar-refractivity contribution in [3.63, 3.8) is 0 Å². The Bertz CT molecular complexity index is 730. The van der Waals surface area contributed by atoms with Crippen molar-refractivity contribution in [3.8, 4) is 0 Å². The molecule has 128 valence electrons. The van der Waals surface area contributed by atoms with Crippen molar-refractivity contribution in [2.45, 2.75) is 24.9 Å². The van der Waals surface area contributed by atoms with Crippen molar-refractivity contribution in [3.05, 3.63) is 53.2 Å². The number of hydrogen-bond donors (Lipinski definition) is 0. The second kappa shape index (κ2) is 7.25. The van der Waals surface area contributed by atoms with Gasteiger partial charge in [0.2, 0.25) is 0 Å². The predicted molar refractivity (Wildman–Crippen MR) is 89.5 cm³/mol. The van der Waals surface area contributed by atoms with Crippen LogP contribution in [0, 0.1) is 6.92 Å². The molecule has 2 rings (SSSR count). The van der Waals surface area contributed by atoms with E-state index >= 15 is 0 Å². The van der Waals surface area contributed by atoms with E-state index in [2.05, 4.69) is 4.98 Å². The van der Waals surface area contributed by atoms with Gasteiger partial charge in [-0.05, 0) is 42.5 Å². The lowest BCUT2D eigenvalue weighted by molar-refractivity contribution is -0.137. The van der Waals surface area contributed by atoms with Gasteiger partial charge in [0.15, 0.2) is 0 Å². The van der Waals surface area contributed by atoms with Gasteiger partial charge in [0, 0.05) is 18.1 Å². The number of alkyl halides is 3. The SMILES string of the molecule is CCSc1cc(C)ccc1C(=O)N(C)c1ccc(C(F)(F)F)cn1. The van der Waals surface area contributed by atoms with E-state index < -0.39 is 11.7 Å². The van der Waals surface area contributed by atoms with Crippen LogP contribution in [0.1, 0.15) is 28.4 Å². The Morgan fingerprint density at radius 2 is 1.96 bits per heavy atom. The van der Waals surface area contributed by atoms with Gasteiger partial charge < -0.3 is 0 Å². The van der Waals surface area contributed by atoms with Gasteiger partial charge in [-0.1, -0.05) is 13.0 Å². The molecule has 0 saturated carbocycles. The number of amides is 1. The first-order valence-electron chi connectivity index (χ1n) is 7.28. The number of thioether (sulfide) groups is 1. The van der Waals surface area contributed by atoms with Crippen LogP contribution in [0.15, 0.2) is 41.4 Å². The van der Waals surface area contributed by atoms with E-state index in [0.29, 0.717) is 5.56 Å². The highest BCUT2D eigenvalue weighted by Crippen LogP contribution is 2.30. The van der Waals surface area contributed by atoms with Gasteiger partial charge >= 0.3 is 6.18 Å². The molecule has 0 spiro atoms. The molecule has 0 aliphatic rings. The molecule has 24 heavy (non-hydrogen) atoms. The van der Waals surface area contributed by atoms with Crippen molar-refractivity contribution in [2.75, 3.05) is 17.7 Å². The van der Waals surface area contributed by atoms with Crippen LogP contribution in [0.25, 0.3) is 0 Å². The summed E-state index contributed by atoms with van der Waals surface area (Å²) >= 11 is 1.55. The topological polar surface area (TPSA) is 33.2 Å². The highest BCUT2D eigenvalue weighted by molar-refractivity contribution is 7.99. The second-order valence-electron chi connectivity index (χ2n) is 5.20. The van der Waals surface area contributed by atoms with Crippen molar-refractivity contribution in [1.29, 1.82) is 0 Å². The summed E-state index contributed by atoms with van der Waals surface area (Å²) in [5.74, 6) is 0.672. The number of aromatic nitrogens is 1. The largest absolute Gasteiger partial charge is 0.417 e. The highest BCUT2D eigenvalue weighted by atomic mass is 32.2. The molecule has 0 bridgehead atoms. The fourth-order valence-electron chi connectivity index (χ4n) is 2.12.